The molecular weight excluding hydrogens is 454 g/mol. The van der Waals surface area contributed by atoms with Crippen molar-refractivity contribution in [1.29, 1.82) is 0 Å². The van der Waals surface area contributed by atoms with Gasteiger partial charge in [0, 0.05) is 46.1 Å². The van der Waals surface area contributed by atoms with Crippen LogP contribution in [0.25, 0.3) is 55.3 Å². The zero-order valence-electron chi connectivity index (χ0n) is 20.7. The monoisotopic (exact) mass is 481 g/mol. The van der Waals surface area contributed by atoms with Crippen LogP contribution in [0.4, 0.5) is 0 Å². The molecule has 3 nitrogen and oxygen atoms in total. The van der Waals surface area contributed by atoms with E-state index in [1.807, 2.05) is 36.8 Å². The smallest absolute Gasteiger partial charge is 0.0775 e. The lowest BCUT2D eigenvalue weighted by Gasteiger charge is -2.16. The largest absolute Gasteiger partial charge is 0.256 e. The number of para-hydroxylation sites is 1. The van der Waals surface area contributed by atoms with E-state index in [0.717, 1.165) is 44.2 Å². The first kappa shape index (κ1) is 22.3. The fourth-order valence-electron chi connectivity index (χ4n) is 4.57. The molecule has 0 aliphatic heterocycles. The molecule has 0 atom stereocenters. The summed E-state index contributed by atoms with van der Waals surface area (Å²) in [6.45, 7) is 7.13. The van der Waals surface area contributed by atoms with Crippen molar-refractivity contribution in [2.75, 3.05) is 0 Å². The summed E-state index contributed by atoms with van der Waals surface area (Å²) in [5, 5.41) is 3.72. The Hall–Kier alpha value is -4.15. The molecule has 0 bridgehead atoms. The Morgan fingerprint density at radius 3 is 1.89 bits per heavy atom. The molecular formula is C32H27N3Si. The molecule has 3 heterocycles. The van der Waals surface area contributed by atoms with Gasteiger partial charge >= 0.3 is 0 Å². The first-order chi connectivity index (χ1) is 17.4. The van der Waals surface area contributed by atoms with Crippen molar-refractivity contribution >= 4 is 35.1 Å². The maximum atomic E-state index is 4.78. The number of benzene rings is 3. The molecule has 3 aromatic carbocycles. The van der Waals surface area contributed by atoms with Gasteiger partial charge in [0.2, 0.25) is 0 Å². The van der Waals surface area contributed by atoms with E-state index in [9.17, 15) is 0 Å². The predicted molar refractivity (Wildman–Crippen MR) is 154 cm³/mol. The van der Waals surface area contributed by atoms with Crippen molar-refractivity contribution in [2.24, 2.45) is 0 Å². The second-order valence-electron chi connectivity index (χ2n) is 10.3. The number of aromatic nitrogens is 3. The molecule has 3 aromatic heterocycles. The second kappa shape index (κ2) is 8.81. The molecule has 6 aromatic rings. The minimum Gasteiger partial charge on any atom is -0.256 e. The van der Waals surface area contributed by atoms with Crippen LogP contribution in [0, 0.1) is 0 Å². The summed E-state index contributed by atoms with van der Waals surface area (Å²) < 4.78 is 0. The van der Waals surface area contributed by atoms with Crippen molar-refractivity contribution in [2.45, 2.75) is 19.6 Å². The summed E-state index contributed by atoms with van der Waals surface area (Å²) in [4.78, 5) is 14.1. The zero-order chi connectivity index (χ0) is 24.7. The van der Waals surface area contributed by atoms with Crippen molar-refractivity contribution < 1.29 is 0 Å². The fraction of sp³-hybridized carbons (Fsp3) is 0.0938. The highest BCUT2D eigenvalue weighted by Gasteiger charge is 2.16. The maximum absolute atomic E-state index is 4.78. The van der Waals surface area contributed by atoms with E-state index in [1.165, 1.54) is 16.3 Å². The van der Waals surface area contributed by atoms with Crippen LogP contribution >= 0.6 is 0 Å². The Labute approximate surface area is 212 Å². The molecule has 0 saturated carbocycles. The molecule has 0 fully saturated rings. The van der Waals surface area contributed by atoms with E-state index < -0.39 is 8.07 Å². The SMILES string of the molecule is C[Si](C)(C)c1ccc(-c2ccc3cc(-c4ccc(-c5cnc6ccccc6c5)nc4)cnc3c2)cc1. The first-order valence-corrected chi connectivity index (χ1v) is 15.8. The molecule has 174 valence electrons. The third kappa shape index (κ3) is 4.32. The lowest BCUT2D eigenvalue weighted by atomic mass is 10.0. The van der Waals surface area contributed by atoms with Gasteiger partial charge in [-0.25, -0.2) is 0 Å². The van der Waals surface area contributed by atoms with Crippen LogP contribution < -0.4 is 5.19 Å². The number of pyridine rings is 3. The van der Waals surface area contributed by atoms with E-state index in [0.29, 0.717) is 0 Å². The summed E-state index contributed by atoms with van der Waals surface area (Å²) in [5.41, 5.74) is 8.45. The Balaban J connectivity index is 1.27. The Bertz CT molecular complexity index is 1700. The highest BCUT2D eigenvalue weighted by molar-refractivity contribution is 6.88. The van der Waals surface area contributed by atoms with Crippen molar-refractivity contribution in [3.63, 3.8) is 0 Å². The molecule has 0 saturated heterocycles. The highest BCUT2D eigenvalue weighted by Crippen LogP contribution is 2.28. The standard InChI is InChI=1S/C32H27N3Si/c1-36(2,3)29-13-10-22(11-14-29)23-8-9-25-16-27(20-35-32(25)18-23)26-12-15-31(33-19-26)28-17-24-6-4-5-7-30(24)34-21-28/h4-21H,1-3H3. The molecule has 6 rings (SSSR count). The van der Waals surface area contributed by atoms with Gasteiger partial charge in [0.05, 0.1) is 24.8 Å². The lowest BCUT2D eigenvalue weighted by Crippen LogP contribution is -2.37. The van der Waals surface area contributed by atoms with Crippen LogP contribution in [-0.4, -0.2) is 23.0 Å². The van der Waals surface area contributed by atoms with Crippen LogP contribution in [0.3, 0.4) is 0 Å². The van der Waals surface area contributed by atoms with E-state index >= 15 is 0 Å². The molecule has 4 heteroatoms. The molecule has 0 spiro atoms. The molecule has 0 aliphatic rings. The average Bonchev–Trinajstić information content (AvgIpc) is 2.92. The Morgan fingerprint density at radius 1 is 0.472 bits per heavy atom. The van der Waals surface area contributed by atoms with E-state index in [2.05, 4.69) is 97.4 Å². The summed E-state index contributed by atoms with van der Waals surface area (Å²) >= 11 is 0. The molecule has 0 amide bonds. The van der Waals surface area contributed by atoms with Gasteiger partial charge in [-0.2, -0.15) is 0 Å². The zero-order valence-corrected chi connectivity index (χ0v) is 21.7. The van der Waals surface area contributed by atoms with E-state index in [-0.39, 0.29) is 0 Å². The van der Waals surface area contributed by atoms with Gasteiger partial charge in [-0.05, 0) is 41.5 Å². The number of rotatable bonds is 4. The third-order valence-electron chi connectivity index (χ3n) is 6.75. The van der Waals surface area contributed by atoms with Crippen LogP contribution in [0.15, 0.2) is 110 Å². The van der Waals surface area contributed by atoms with Gasteiger partial charge in [0.1, 0.15) is 0 Å². The van der Waals surface area contributed by atoms with Crippen molar-refractivity contribution in [3.8, 4) is 33.5 Å². The van der Waals surface area contributed by atoms with Gasteiger partial charge in [-0.15, -0.1) is 0 Å². The topological polar surface area (TPSA) is 38.7 Å². The maximum Gasteiger partial charge on any atom is 0.0775 e. The van der Waals surface area contributed by atoms with Crippen molar-refractivity contribution in [3.05, 3.63) is 110 Å². The summed E-state index contributed by atoms with van der Waals surface area (Å²) in [5.74, 6) is 0. The van der Waals surface area contributed by atoms with E-state index in [4.69, 9.17) is 9.97 Å². The average molecular weight is 482 g/mol. The van der Waals surface area contributed by atoms with Gasteiger partial charge in [0.25, 0.3) is 0 Å². The van der Waals surface area contributed by atoms with Crippen LogP contribution in [-0.2, 0) is 0 Å². The van der Waals surface area contributed by atoms with E-state index in [1.54, 1.807) is 0 Å². The minimum absolute atomic E-state index is 0.913. The second-order valence-corrected chi connectivity index (χ2v) is 15.4. The number of nitrogens with zero attached hydrogens (tertiary/aromatic N) is 3. The number of hydrogen-bond donors (Lipinski definition) is 0. The number of hydrogen-bond acceptors (Lipinski definition) is 3. The lowest BCUT2D eigenvalue weighted by molar-refractivity contribution is 1.30. The van der Waals surface area contributed by atoms with Gasteiger partial charge in [-0.3, -0.25) is 15.0 Å². The van der Waals surface area contributed by atoms with Gasteiger partial charge in [-0.1, -0.05) is 85.5 Å². The predicted octanol–water partition coefficient (Wildman–Crippen LogP) is 7.72. The number of fused-ring (bicyclic) bond motifs is 2. The highest BCUT2D eigenvalue weighted by atomic mass is 28.3. The molecule has 0 aliphatic carbocycles. The van der Waals surface area contributed by atoms with Gasteiger partial charge in [0.15, 0.2) is 0 Å². The van der Waals surface area contributed by atoms with Gasteiger partial charge < -0.3 is 0 Å². The molecule has 0 N–H and O–H groups in total. The molecule has 0 radical (unpaired) electrons. The first-order valence-electron chi connectivity index (χ1n) is 12.3. The summed E-state index contributed by atoms with van der Waals surface area (Å²) in [7, 11) is -1.29. The molecule has 36 heavy (non-hydrogen) atoms. The molecule has 0 unspecified atom stereocenters. The summed E-state index contributed by atoms with van der Waals surface area (Å²) in [6.07, 6.45) is 5.74. The fourth-order valence-corrected chi connectivity index (χ4v) is 5.73. The Morgan fingerprint density at radius 2 is 1.11 bits per heavy atom. The van der Waals surface area contributed by atoms with Crippen LogP contribution in [0.2, 0.25) is 19.6 Å². The Kier molecular flexibility index (Phi) is 5.46. The quantitative estimate of drug-likeness (QED) is 0.242. The van der Waals surface area contributed by atoms with Crippen LogP contribution in [0.5, 0.6) is 0 Å². The minimum atomic E-state index is -1.29. The van der Waals surface area contributed by atoms with Crippen molar-refractivity contribution in [1.82, 2.24) is 15.0 Å². The normalized spacial score (nSPS) is 11.8. The summed E-state index contributed by atoms with van der Waals surface area (Å²) in [6, 6.07) is 32.2. The third-order valence-corrected chi connectivity index (χ3v) is 8.82. The van der Waals surface area contributed by atoms with Crippen LogP contribution in [0.1, 0.15) is 0 Å².